The number of hydrogen-bond donors (Lipinski definition) is 2. The van der Waals surface area contributed by atoms with Crippen molar-refractivity contribution < 1.29 is 0 Å². The molecule has 2 aromatic rings. The molecule has 0 atom stereocenters. The maximum absolute atomic E-state index is 5.64. The lowest BCUT2D eigenvalue weighted by Crippen LogP contribution is -2.10. The summed E-state index contributed by atoms with van der Waals surface area (Å²) in [5.74, 6) is 0. The first-order valence-electron chi connectivity index (χ1n) is 6.00. The Kier molecular flexibility index (Phi) is 4.96. The van der Waals surface area contributed by atoms with Gasteiger partial charge in [0.15, 0.2) is 0 Å². The zero-order valence-electron chi connectivity index (χ0n) is 10.6. The molecule has 0 saturated carbocycles. The Hall–Kier alpha value is -0.910. The first-order chi connectivity index (χ1) is 9.11. The molecule has 0 fully saturated rings. The molecule has 3 N–H and O–H groups in total. The van der Waals surface area contributed by atoms with Crippen molar-refractivity contribution in [2.75, 3.05) is 5.32 Å². The van der Waals surface area contributed by atoms with Crippen molar-refractivity contribution in [1.29, 1.82) is 0 Å². The third-order valence-corrected chi connectivity index (χ3v) is 4.75. The van der Waals surface area contributed by atoms with E-state index in [1.54, 1.807) is 11.3 Å². The highest BCUT2D eigenvalue weighted by Gasteiger charge is 2.05. The molecule has 0 amide bonds. The molecule has 1 heterocycles. The van der Waals surface area contributed by atoms with Gasteiger partial charge in [-0.2, -0.15) is 0 Å². The summed E-state index contributed by atoms with van der Waals surface area (Å²) in [6.45, 7) is 3.03. The van der Waals surface area contributed by atoms with Crippen LogP contribution in [-0.2, 0) is 13.0 Å². The molecule has 0 aliphatic rings. The summed E-state index contributed by atoms with van der Waals surface area (Å²) in [4.78, 5) is 1.79. The number of anilines is 1. The highest BCUT2D eigenvalue weighted by atomic mass is 79.9. The van der Waals surface area contributed by atoms with Crippen LogP contribution in [0.5, 0.6) is 0 Å². The fourth-order valence-electron chi connectivity index (χ4n) is 1.84. The summed E-state index contributed by atoms with van der Waals surface area (Å²) in [6, 6.07) is 8.13. The fraction of sp³-hybridized carbons (Fsp3) is 0.214. The second-order valence-electron chi connectivity index (χ2n) is 4.13. The predicted octanol–water partition coefficient (Wildman–Crippen LogP) is 4.32. The van der Waals surface area contributed by atoms with Crippen LogP contribution in [0.25, 0.3) is 0 Å². The van der Waals surface area contributed by atoms with Gasteiger partial charge in [-0.3, -0.25) is 0 Å². The number of halogens is 1. The van der Waals surface area contributed by atoms with E-state index in [0.717, 1.165) is 28.7 Å². The van der Waals surface area contributed by atoms with Crippen molar-refractivity contribution in [2.45, 2.75) is 19.9 Å². The van der Waals surface area contributed by atoms with Gasteiger partial charge in [0.25, 0.3) is 0 Å². The third kappa shape index (κ3) is 3.55. The summed E-state index contributed by atoms with van der Waals surface area (Å²) in [5.41, 5.74) is 8.97. The number of benzene rings is 1. The van der Waals surface area contributed by atoms with Crippen LogP contribution in [0.4, 0.5) is 5.69 Å². The summed E-state index contributed by atoms with van der Waals surface area (Å²) in [5, 5.41) is 5.57. The first-order valence-corrected chi connectivity index (χ1v) is 8.08. The summed E-state index contributed by atoms with van der Waals surface area (Å²) >= 11 is 10.3. The van der Waals surface area contributed by atoms with Gasteiger partial charge in [-0.05, 0) is 57.6 Å². The molecule has 2 nitrogen and oxygen atoms in total. The monoisotopic (exact) mass is 354 g/mol. The van der Waals surface area contributed by atoms with E-state index < -0.39 is 0 Å². The molecule has 100 valence electrons. The summed E-state index contributed by atoms with van der Waals surface area (Å²) < 4.78 is 0.923. The predicted molar refractivity (Wildman–Crippen MR) is 91.1 cm³/mol. The molecule has 0 bridgehead atoms. The lowest BCUT2D eigenvalue weighted by molar-refractivity contribution is 1.08. The Bertz CT molecular complexity index is 593. The van der Waals surface area contributed by atoms with Crippen molar-refractivity contribution in [3.05, 3.63) is 50.1 Å². The molecule has 0 saturated heterocycles. The van der Waals surface area contributed by atoms with Gasteiger partial charge in [0.1, 0.15) is 4.99 Å². The van der Waals surface area contributed by atoms with E-state index in [9.17, 15) is 0 Å². The minimum atomic E-state index is 0.407. The Balaban J connectivity index is 2.08. The van der Waals surface area contributed by atoms with Gasteiger partial charge in [0, 0.05) is 27.1 Å². The van der Waals surface area contributed by atoms with Gasteiger partial charge in [0.2, 0.25) is 0 Å². The Morgan fingerprint density at radius 1 is 1.42 bits per heavy atom. The highest BCUT2D eigenvalue weighted by molar-refractivity contribution is 9.10. The van der Waals surface area contributed by atoms with E-state index in [1.165, 1.54) is 10.4 Å². The van der Waals surface area contributed by atoms with Gasteiger partial charge in [0.05, 0.1) is 0 Å². The molecule has 0 aliphatic carbocycles. The smallest absolute Gasteiger partial charge is 0.105 e. The van der Waals surface area contributed by atoms with Gasteiger partial charge in [-0.25, -0.2) is 0 Å². The highest BCUT2D eigenvalue weighted by Crippen LogP contribution is 2.23. The van der Waals surface area contributed by atoms with Crippen LogP contribution in [-0.4, -0.2) is 4.99 Å². The lowest BCUT2D eigenvalue weighted by atomic mass is 10.2. The molecule has 0 radical (unpaired) electrons. The third-order valence-electron chi connectivity index (χ3n) is 2.91. The topological polar surface area (TPSA) is 38.0 Å². The molecule has 0 aliphatic heterocycles. The number of thiocarbonyl (C=S) groups is 1. The number of nitrogens with one attached hydrogen (secondary N) is 1. The number of rotatable bonds is 5. The van der Waals surface area contributed by atoms with Crippen molar-refractivity contribution >= 4 is 50.2 Å². The Morgan fingerprint density at radius 2 is 2.21 bits per heavy atom. The molecule has 5 heteroatoms. The molecule has 0 spiro atoms. The number of aryl methyl sites for hydroxylation is 1. The first kappa shape index (κ1) is 14.5. The lowest BCUT2D eigenvalue weighted by Gasteiger charge is -2.09. The molecule has 2 rings (SSSR count). The molecule has 1 aromatic heterocycles. The van der Waals surface area contributed by atoms with Crippen molar-refractivity contribution in [2.24, 2.45) is 5.73 Å². The minimum Gasteiger partial charge on any atom is -0.389 e. The van der Waals surface area contributed by atoms with Crippen molar-refractivity contribution in [1.82, 2.24) is 0 Å². The van der Waals surface area contributed by atoms with Gasteiger partial charge < -0.3 is 11.1 Å². The van der Waals surface area contributed by atoms with E-state index in [-0.39, 0.29) is 0 Å². The van der Waals surface area contributed by atoms with Crippen molar-refractivity contribution in [3.63, 3.8) is 0 Å². The van der Waals surface area contributed by atoms with E-state index in [4.69, 9.17) is 18.0 Å². The maximum Gasteiger partial charge on any atom is 0.105 e. The van der Waals surface area contributed by atoms with Crippen molar-refractivity contribution in [3.8, 4) is 0 Å². The Morgan fingerprint density at radius 3 is 2.84 bits per heavy atom. The molecular weight excluding hydrogens is 340 g/mol. The second-order valence-corrected chi connectivity index (χ2v) is 6.43. The normalized spacial score (nSPS) is 10.4. The van der Waals surface area contributed by atoms with Crippen LogP contribution >= 0.6 is 39.5 Å². The van der Waals surface area contributed by atoms with Crippen LogP contribution in [0.15, 0.2) is 34.1 Å². The quantitative estimate of drug-likeness (QED) is 0.785. The molecular formula is C14H15BrN2S2. The summed E-state index contributed by atoms with van der Waals surface area (Å²) in [6.07, 6.45) is 1.07. The maximum atomic E-state index is 5.64. The van der Waals surface area contributed by atoms with Gasteiger partial charge in [-0.15, -0.1) is 11.3 Å². The summed E-state index contributed by atoms with van der Waals surface area (Å²) in [7, 11) is 0. The van der Waals surface area contributed by atoms with E-state index >= 15 is 0 Å². The largest absolute Gasteiger partial charge is 0.389 e. The molecule has 19 heavy (non-hydrogen) atoms. The second kappa shape index (κ2) is 6.50. The molecule has 0 unspecified atom stereocenters. The zero-order chi connectivity index (χ0) is 13.8. The standard InChI is InChI=1S/C14H15BrN2S2/c1-2-9-5-6-19-13(9)8-17-10-3-4-11(14(16)18)12(15)7-10/h3-7,17H,2,8H2,1H3,(H2,16,18). The number of hydrogen-bond acceptors (Lipinski definition) is 3. The van der Waals surface area contributed by atoms with E-state index in [1.807, 2.05) is 18.2 Å². The number of thiophene rings is 1. The van der Waals surface area contributed by atoms with Gasteiger partial charge >= 0.3 is 0 Å². The molecule has 1 aromatic carbocycles. The average molecular weight is 355 g/mol. The van der Waals surface area contributed by atoms with Crippen LogP contribution in [0.3, 0.4) is 0 Å². The fourth-order valence-corrected chi connectivity index (χ4v) is 3.66. The van der Waals surface area contributed by atoms with Gasteiger partial charge in [-0.1, -0.05) is 19.1 Å². The van der Waals surface area contributed by atoms with E-state index in [2.05, 4.69) is 39.6 Å². The van der Waals surface area contributed by atoms with E-state index in [0.29, 0.717) is 4.99 Å². The SMILES string of the molecule is CCc1ccsc1CNc1ccc(C(N)=S)c(Br)c1. The van der Waals surface area contributed by atoms with Crippen LogP contribution < -0.4 is 11.1 Å². The average Bonchev–Trinajstić information content (AvgIpc) is 2.83. The van der Waals surface area contributed by atoms with Crippen LogP contribution in [0.1, 0.15) is 22.9 Å². The zero-order valence-corrected chi connectivity index (χ0v) is 13.8. The van der Waals surface area contributed by atoms with Crippen LogP contribution in [0, 0.1) is 0 Å². The Labute approximate surface area is 131 Å². The minimum absolute atomic E-state index is 0.407. The van der Waals surface area contributed by atoms with Crippen LogP contribution in [0.2, 0.25) is 0 Å². The number of nitrogens with two attached hydrogens (primary N) is 1.